The molecule has 3 saturated heterocycles. The lowest BCUT2D eigenvalue weighted by Gasteiger charge is -2.39. The maximum atomic E-state index is 13.3. The van der Waals surface area contributed by atoms with Crippen LogP contribution in [0.2, 0.25) is 0 Å². The molecule has 0 radical (unpaired) electrons. The molecule has 4 amide bonds. The summed E-state index contributed by atoms with van der Waals surface area (Å²) in [6.07, 6.45) is 11.1. The number of piperidine rings is 2. The van der Waals surface area contributed by atoms with Gasteiger partial charge in [0.2, 0.25) is 5.91 Å². The van der Waals surface area contributed by atoms with E-state index in [-0.39, 0.29) is 23.9 Å². The van der Waals surface area contributed by atoms with E-state index in [1.165, 1.54) is 37.0 Å². The third-order valence-electron chi connectivity index (χ3n) is 7.96. The first-order chi connectivity index (χ1) is 14.5. The second kappa shape index (κ2) is 9.25. The van der Waals surface area contributed by atoms with Crippen LogP contribution in [0, 0.1) is 5.92 Å². The number of hydrogen-bond acceptors (Lipinski definition) is 4. The normalized spacial score (nSPS) is 28.2. The zero-order valence-electron chi connectivity index (χ0n) is 18.5. The molecule has 3 aliphatic heterocycles. The number of amides is 4. The van der Waals surface area contributed by atoms with Crippen molar-refractivity contribution in [2.24, 2.45) is 5.92 Å². The Morgan fingerprint density at radius 3 is 2.47 bits per heavy atom. The fraction of sp³-hybridized carbons (Fsp3) is 0.870. The molecule has 1 N–H and O–H groups in total. The van der Waals surface area contributed by atoms with Gasteiger partial charge in [-0.2, -0.15) is 0 Å². The molecule has 3 heterocycles. The first kappa shape index (κ1) is 21.6. The fourth-order valence-electron chi connectivity index (χ4n) is 5.92. The summed E-state index contributed by atoms with van der Waals surface area (Å²) in [6, 6.07) is -0.445. The van der Waals surface area contributed by atoms with Crippen LogP contribution in [0.25, 0.3) is 0 Å². The number of imide groups is 1. The van der Waals surface area contributed by atoms with Crippen LogP contribution >= 0.6 is 0 Å². The fourth-order valence-corrected chi connectivity index (χ4v) is 5.92. The Morgan fingerprint density at radius 2 is 1.77 bits per heavy atom. The summed E-state index contributed by atoms with van der Waals surface area (Å²) in [7, 11) is 0. The first-order valence-corrected chi connectivity index (χ1v) is 12.2. The van der Waals surface area contributed by atoms with Gasteiger partial charge < -0.3 is 15.1 Å². The molecule has 4 fully saturated rings. The molecule has 7 nitrogen and oxygen atoms in total. The smallest absolute Gasteiger partial charge is 0.325 e. The number of hydrogen-bond donors (Lipinski definition) is 1. The molecule has 1 saturated carbocycles. The lowest BCUT2D eigenvalue weighted by atomic mass is 9.86. The SMILES string of the molecule is CCN1CCC2(CC1)NC(=O)N([C@H]1CCCN(C(=O)CCC3CCCCC3)C1)C2=O. The van der Waals surface area contributed by atoms with Crippen LogP contribution in [0.3, 0.4) is 0 Å². The van der Waals surface area contributed by atoms with E-state index in [1.807, 2.05) is 4.90 Å². The molecule has 4 rings (SSSR count). The Morgan fingerprint density at radius 1 is 1.03 bits per heavy atom. The Kier molecular flexibility index (Phi) is 6.66. The van der Waals surface area contributed by atoms with Crippen molar-refractivity contribution in [2.45, 2.75) is 89.1 Å². The molecule has 1 aliphatic carbocycles. The highest BCUT2D eigenvalue weighted by atomic mass is 16.2. The van der Waals surface area contributed by atoms with Gasteiger partial charge in [0.05, 0.1) is 6.04 Å². The van der Waals surface area contributed by atoms with Crippen LogP contribution in [-0.2, 0) is 9.59 Å². The molecule has 168 valence electrons. The van der Waals surface area contributed by atoms with E-state index in [0.29, 0.717) is 31.7 Å². The highest BCUT2D eigenvalue weighted by Gasteiger charge is 2.54. The minimum atomic E-state index is -0.726. The first-order valence-electron chi connectivity index (χ1n) is 12.2. The van der Waals surface area contributed by atoms with Crippen LogP contribution in [-0.4, -0.2) is 76.8 Å². The molecule has 30 heavy (non-hydrogen) atoms. The van der Waals surface area contributed by atoms with Crippen molar-refractivity contribution in [3.8, 4) is 0 Å². The van der Waals surface area contributed by atoms with Gasteiger partial charge in [-0.05, 0) is 44.6 Å². The maximum Gasteiger partial charge on any atom is 0.325 e. The molecule has 7 heteroatoms. The number of carbonyl (C=O) groups is 3. The van der Waals surface area contributed by atoms with Gasteiger partial charge in [-0.15, -0.1) is 0 Å². The van der Waals surface area contributed by atoms with Gasteiger partial charge in [0.15, 0.2) is 0 Å². The highest BCUT2D eigenvalue weighted by molar-refractivity contribution is 6.07. The Bertz CT molecular complexity index is 653. The highest BCUT2D eigenvalue weighted by Crippen LogP contribution is 2.33. The second-order valence-electron chi connectivity index (χ2n) is 9.80. The van der Waals surface area contributed by atoms with Crippen molar-refractivity contribution in [3.63, 3.8) is 0 Å². The molecule has 1 atom stereocenters. The Balaban J connectivity index is 1.34. The molecule has 0 bridgehead atoms. The van der Waals surface area contributed by atoms with Crippen molar-refractivity contribution in [1.82, 2.24) is 20.0 Å². The largest absolute Gasteiger partial charge is 0.341 e. The van der Waals surface area contributed by atoms with Crippen LogP contribution in [0.4, 0.5) is 4.79 Å². The summed E-state index contributed by atoms with van der Waals surface area (Å²) in [5.74, 6) is 0.830. The summed E-state index contributed by atoms with van der Waals surface area (Å²) in [6.45, 7) is 6.03. The lowest BCUT2D eigenvalue weighted by molar-refractivity contribution is -0.139. The van der Waals surface area contributed by atoms with E-state index in [2.05, 4.69) is 17.1 Å². The number of likely N-dealkylation sites (tertiary alicyclic amines) is 2. The van der Waals surface area contributed by atoms with Crippen molar-refractivity contribution >= 4 is 17.8 Å². The van der Waals surface area contributed by atoms with E-state index in [1.54, 1.807) is 0 Å². The predicted molar refractivity (Wildman–Crippen MR) is 115 cm³/mol. The lowest BCUT2D eigenvalue weighted by Crippen LogP contribution is -2.56. The van der Waals surface area contributed by atoms with Crippen molar-refractivity contribution in [3.05, 3.63) is 0 Å². The van der Waals surface area contributed by atoms with Crippen LogP contribution in [0.1, 0.15) is 77.6 Å². The molecule has 1 spiro atoms. The number of rotatable bonds is 5. The topological polar surface area (TPSA) is 73.0 Å². The molecule has 0 aromatic heterocycles. The van der Waals surface area contributed by atoms with Crippen molar-refractivity contribution in [1.29, 1.82) is 0 Å². The van der Waals surface area contributed by atoms with E-state index < -0.39 is 5.54 Å². The molecular formula is C23H38N4O3. The van der Waals surface area contributed by atoms with Gasteiger partial charge in [-0.3, -0.25) is 14.5 Å². The number of carbonyl (C=O) groups excluding carboxylic acids is 3. The van der Waals surface area contributed by atoms with Crippen LogP contribution in [0.15, 0.2) is 0 Å². The Labute approximate surface area is 180 Å². The predicted octanol–water partition coefficient (Wildman–Crippen LogP) is 2.74. The van der Waals surface area contributed by atoms with Crippen molar-refractivity contribution in [2.75, 3.05) is 32.7 Å². The minimum absolute atomic E-state index is 0.0650. The maximum absolute atomic E-state index is 13.3. The summed E-state index contributed by atoms with van der Waals surface area (Å²) in [4.78, 5) is 44.6. The van der Waals surface area contributed by atoms with Gasteiger partial charge in [-0.1, -0.05) is 39.0 Å². The van der Waals surface area contributed by atoms with Crippen molar-refractivity contribution < 1.29 is 14.4 Å². The third-order valence-corrected chi connectivity index (χ3v) is 7.96. The number of nitrogens with zero attached hydrogens (tertiary/aromatic N) is 3. The molecule has 0 aromatic rings. The third kappa shape index (κ3) is 4.36. The van der Waals surface area contributed by atoms with E-state index >= 15 is 0 Å². The quantitative estimate of drug-likeness (QED) is 0.697. The zero-order valence-corrected chi connectivity index (χ0v) is 18.5. The molecule has 0 unspecified atom stereocenters. The minimum Gasteiger partial charge on any atom is -0.341 e. The van der Waals surface area contributed by atoms with Gasteiger partial charge in [0, 0.05) is 32.6 Å². The molecule has 0 aromatic carbocycles. The monoisotopic (exact) mass is 418 g/mol. The Hall–Kier alpha value is -1.63. The summed E-state index contributed by atoms with van der Waals surface area (Å²) >= 11 is 0. The zero-order chi connectivity index (χ0) is 21.1. The van der Waals surface area contributed by atoms with E-state index in [4.69, 9.17) is 0 Å². The van der Waals surface area contributed by atoms with Gasteiger partial charge >= 0.3 is 6.03 Å². The average molecular weight is 419 g/mol. The van der Waals surface area contributed by atoms with E-state index in [0.717, 1.165) is 45.4 Å². The van der Waals surface area contributed by atoms with Gasteiger partial charge in [0.25, 0.3) is 5.91 Å². The second-order valence-corrected chi connectivity index (χ2v) is 9.80. The number of urea groups is 1. The van der Waals surface area contributed by atoms with Gasteiger partial charge in [-0.25, -0.2) is 4.79 Å². The molecule has 4 aliphatic rings. The summed E-state index contributed by atoms with van der Waals surface area (Å²) in [5.41, 5.74) is -0.726. The molecular weight excluding hydrogens is 380 g/mol. The summed E-state index contributed by atoms with van der Waals surface area (Å²) in [5, 5.41) is 3.03. The number of nitrogens with one attached hydrogen (secondary N) is 1. The average Bonchev–Trinajstić information content (AvgIpc) is 3.02. The van der Waals surface area contributed by atoms with Crippen LogP contribution in [0.5, 0.6) is 0 Å². The van der Waals surface area contributed by atoms with Crippen LogP contribution < -0.4 is 5.32 Å². The van der Waals surface area contributed by atoms with E-state index in [9.17, 15) is 14.4 Å². The van der Waals surface area contributed by atoms with Gasteiger partial charge in [0.1, 0.15) is 5.54 Å². The summed E-state index contributed by atoms with van der Waals surface area (Å²) < 4.78 is 0. The standard InChI is InChI=1S/C23H38N4O3/c1-2-25-15-12-23(13-16-25)21(29)27(22(30)24-23)19-9-6-14-26(17-19)20(28)11-10-18-7-4-3-5-8-18/h18-19H,2-17H2,1H3,(H,24,30)/t19-/m0/s1.